The molecule has 0 aliphatic carbocycles. The predicted molar refractivity (Wildman–Crippen MR) is 113 cm³/mol. The number of aromatic nitrogens is 2. The second-order valence-electron chi connectivity index (χ2n) is 6.26. The van der Waals surface area contributed by atoms with Gasteiger partial charge in [0.05, 0.1) is 24.4 Å². The average Bonchev–Trinajstić information content (AvgIpc) is 3.04. The Balaban J connectivity index is 1.92. The minimum atomic E-state index is -0.285. The molecule has 3 aromatic heterocycles. The van der Waals surface area contributed by atoms with E-state index in [1.807, 2.05) is 54.7 Å². The second-order valence-corrected chi connectivity index (χ2v) is 7.35. The molecular weight excluding hydrogens is 370 g/mol. The van der Waals surface area contributed by atoms with Crippen molar-refractivity contribution in [1.29, 1.82) is 0 Å². The maximum atomic E-state index is 12.0. The summed E-state index contributed by atoms with van der Waals surface area (Å²) in [6.07, 6.45) is 3.70. The van der Waals surface area contributed by atoms with Crippen LogP contribution in [-0.2, 0) is 16.0 Å². The number of anilines is 1. The number of ether oxygens (including phenoxy) is 1. The van der Waals surface area contributed by atoms with Crippen LogP contribution in [0.15, 0.2) is 60.9 Å². The first kappa shape index (κ1) is 18.1. The van der Waals surface area contributed by atoms with Crippen molar-refractivity contribution in [1.82, 2.24) is 9.97 Å². The van der Waals surface area contributed by atoms with Gasteiger partial charge < -0.3 is 10.5 Å². The van der Waals surface area contributed by atoms with Gasteiger partial charge >= 0.3 is 5.97 Å². The number of carbonyl (C=O) groups is 1. The fraction of sp³-hybridized carbons (Fsp3) is 0.136. The van der Waals surface area contributed by atoms with E-state index in [2.05, 4.69) is 4.98 Å². The molecule has 2 N–H and O–H groups in total. The Labute approximate surface area is 166 Å². The Hall–Kier alpha value is -3.25. The molecule has 4 aromatic rings. The van der Waals surface area contributed by atoms with Crippen LogP contribution in [-0.4, -0.2) is 22.5 Å². The number of hydrogen-bond acceptors (Lipinski definition) is 6. The molecule has 1 aromatic carbocycles. The number of hydrogen-bond donors (Lipinski definition) is 1. The summed E-state index contributed by atoms with van der Waals surface area (Å²) in [7, 11) is 0. The molecule has 0 unspecified atom stereocenters. The van der Waals surface area contributed by atoms with Crippen molar-refractivity contribution in [3.05, 3.63) is 65.8 Å². The number of nitrogen functional groups attached to an aromatic ring is 1. The van der Waals surface area contributed by atoms with Gasteiger partial charge in [0.2, 0.25) is 0 Å². The number of fused-ring (bicyclic) bond motifs is 1. The van der Waals surface area contributed by atoms with E-state index in [9.17, 15) is 4.79 Å². The average molecular weight is 389 g/mol. The van der Waals surface area contributed by atoms with E-state index in [4.69, 9.17) is 15.5 Å². The first-order chi connectivity index (χ1) is 13.7. The number of nitrogens with zero attached hydrogens (tertiary/aromatic N) is 2. The number of thiophene rings is 1. The van der Waals surface area contributed by atoms with Gasteiger partial charge in [0.1, 0.15) is 4.83 Å². The lowest BCUT2D eigenvalue weighted by molar-refractivity contribution is -0.142. The second kappa shape index (κ2) is 7.78. The molecule has 0 spiro atoms. The van der Waals surface area contributed by atoms with Gasteiger partial charge in [0, 0.05) is 33.8 Å². The molecule has 0 saturated heterocycles. The Kier molecular flexibility index (Phi) is 5.04. The van der Waals surface area contributed by atoms with Gasteiger partial charge in [-0.15, -0.1) is 11.3 Å². The van der Waals surface area contributed by atoms with E-state index in [0.29, 0.717) is 12.3 Å². The number of benzene rings is 1. The molecule has 140 valence electrons. The Morgan fingerprint density at radius 1 is 1.14 bits per heavy atom. The molecule has 3 heterocycles. The summed E-state index contributed by atoms with van der Waals surface area (Å²) < 4.78 is 5.09. The Morgan fingerprint density at radius 2 is 1.93 bits per heavy atom. The summed E-state index contributed by atoms with van der Waals surface area (Å²) >= 11 is 1.44. The van der Waals surface area contributed by atoms with Crippen molar-refractivity contribution in [2.24, 2.45) is 0 Å². The fourth-order valence-electron chi connectivity index (χ4n) is 3.15. The van der Waals surface area contributed by atoms with E-state index in [0.717, 1.165) is 37.5 Å². The highest BCUT2D eigenvalue weighted by atomic mass is 32.1. The van der Waals surface area contributed by atoms with Gasteiger partial charge in [-0.1, -0.05) is 36.4 Å². The Bertz CT molecular complexity index is 1120. The Morgan fingerprint density at radius 3 is 2.64 bits per heavy atom. The quantitative estimate of drug-likeness (QED) is 0.500. The third kappa shape index (κ3) is 3.46. The molecule has 0 amide bonds. The number of nitrogens with two attached hydrogens (primary N) is 1. The van der Waals surface area contributed by atoms with E-state index in [-0.39, 0.29) is 12.4 Å². The van der Waals surface area contributed by atoms with Crippen LogP contribution in [0.4, 0.5) is 5.69 Å². The molecule has 0 fully saturated rings. The van der Waals surface area contributed by atoms with E-state index in [1.54, 1.807) is 13.1 Å². The number of esters is 1. The van der Waals surface area contributed by atoms with Crippen LogP contribution in [0.25, 0.3) is 32.6 Å². The first-order valence-corrected chi connectivity index (χ1v) is 9.82. The predicted octanol–water partition coefficient (Wildman–Crippen LogP) is 4.71. The highest BCUT2D eigenvalue weighted by Gasteiger charge is 2.19. The van der Waals surface area contributed by atoms with E-state index in [1.165, 1.54) is 11.3 Å². The lowest BCUT2D eigenvalue weighted by Crippen LogP contribution is -2.07. The molecule has 4 rings (SSSR count). The zero-order chi connectivity index (χ0) is 19.5. The molecule has 0 bridgehead atoms. The molecular formula is C22H19N3O2S. The molecule has 0 aliphatic heterocycles. The zero-order valence-corrected chi connectivity index (χ0v) is 16.2. The van der Waals surface area contributed by atoms with Crippen molar-refractivity contribution in [2.45, 2.75) is 13.3 Å². The molecule has 0 aliphatic rings. The summed E-state index contributed by atoms with van der Waals surface area (Å²) in [6, 6.07) is 15.9. The van der Waals surface area contributed by atoms with Crippen LogP contribution in [0.5, 0.6) is 0 Å². The van der Waals surface area contributed by atoms with Gasteiger partial charge in [-0.25, -0.2) is 4.98 Å². The van der Waals surface area contributed by atoms with Gasteiger partial charge in [-0.3, -0.25) is 9.78 Å². The van der Waals surface area contributed by atoms with Crippen LogP contribution in [0.3, 0.4) is 0 Å². The smallest absolute Gasteiger partial charge is 0.311 e. The summed E-state index contributed by atoms with van der Waals surface area (Å²) in [6.45, 7) is 2.14. The molecule has 0 saturated carbocycles. The number of pyridine rings is 2. The highest BCUT2D eigenvalue weighted by Crippen LogP contribution is 2.41. The van der Waals surface area contributed by atoms with E-state index < -0.39 is 0 Å². The lowest BCUT2D eigenvalue weighted by Gasteiger charge is -2.08. The van der Waals surface area contributed by atoms with Crippen molar-refractivity contribution in [3.63, 3.8) is 0 Å². The van der Waals surface area contributed by atoms with Crippen LogP contribution in [0, 0.1) is 0 Å². The topological polar surface area (TPSA) is 78.1 Å². The highest BCUT2D eigenvalue weighted by molar-refractivity contribution is 7.19. The van der Waals surface area contributed by atoms with Crippen molar-refractivity contribution < 1.29 is 9.53 Å². The maximum Gasteiger partial charge on any atom is 0.311 e. The van der Waals surface area contributed by atoms with Crippen LogP contribution in [0.1, 0.15) is 11.8 Å². The van der Waals surface area contributed by atoms with Crippen LogP contribution >= 0.6 is 11.3 Å². The van der Waals surface area contributed by atoms with Crippen LogP contribution < -0.4 is 5.73 Å². The van der Waals surface area contributed by atoms with Gasteiger partial charge in [-0.05, 0) is 24.6 Å². The minimum absolute atomic E-state index is 0.147. The molecule has 0 atom stereocenters. The fourth-order valence-corrected chi connectivity index (χ4v) is 4.25. The van der Waals surface area contributed by atoms with Crippen molar-refractivity contribution in [2.75, 3.05) is 12.3 Å². The molecule has 28 heavy (non-hydrogen) atoms. The molecule has 0 radical (unpaired) electrons. The standard InChI is InChI=1S/C22H19N3O2S/c1-2-27-19(26)12-18-21(23)20-16(15-9-6-10-24-13-15)11-17(25-22(20)28-18)14-7-4-3-5-8-14/h3-11,13H,2,12,23H2,1H3. The zero-order valence-electron chi connectivity index (χ0n) is 15.4. The first-order valence-electron chi connectivity index (χ1n) is 9.00. The van der Waals surface area contributed by atoms with Crippen molar-refractivity contribution >= 4 is 33.2 Å². The van der Waals surface area contributed by atoms with Crippen molar-refractivity contribution in [3.8, 4) is 22.4 Å². The lowest BCUT2D eigenvalue weighted by atomic mass is 10.0. The molecule has 6 heteroatoms. The van der Waals surface area contributed by atoms with E-state index >= 15 is 0 Å². The third-order valence-electron chi connectivity index (χ3n) is 4.43. The summed E-state index contributed by atoms with van der Waals surface area (Å²) in [5.74, 6) is -0.285. The SMILES string of the molecule is CCOC(=O)Cc1sc2nc(-c3ccccc3)cc(-c3cccnc3)c2c1N. The minimum Gasteiger partial charge on any atom is -0.466 e. The van der Waals surface area contributed by atoms with Gasteiger partial charge in [0.25, 0.3) is 0 Å². The van der Waals surface area contributed by atoms with Gasteiger partial charge in [0.15, 0.2) is 0 Å². The number of rotatable bonds is 5. The largest absolute Gasteiger partial charge is 0.466 e. The van der Waals surface area contributed by atoms with Gasteiger partial charge in [-0.2, -0.15) is 0 Å². The summed E-state index contributed by atoms with van der Waals surface area (Å²) in [4.78, 5) is 22.6. The summed E-state index contributed by atoms with van der Waals surface area (Å²) in [5, 5.41) is 0.858. The summed E-state index contributed by atoms with van der Waals surface area (Å²) in [5.41, 5.74) is 10.8. The van der Waals surface area contributed by atoms with Crippen LogP contribution in [0.2, 0.25) is 0 Å². The normalized spacial score (nSPS) is 10.9. The number of carbonyl (C=O) groups excluding carboxylic acids is 1. The third-order valence-corrected chi connectivity index (χ3v) is 5.53. The molecule has 5 nitrogen and oxygen atoms in total. The monoisotopic (exact) mass is 389 g/mol. The maximum absolute atomic E-state index is 12.0.